The maximum absolute atomic E-state index is 13.1. The number of benzene rings is 1. The van der Waals surface area contributed by atoms with Crippen LogP contribution in [0.25, 0.3) is 0 Å². The van der Waals surface area contributed by atoms with Crippen molar-refractivity contribution >= 4 is 0 Å². The molecule has 0 heterocycles. The smallest absolute Gasteiger partial charge is 0.123 e. The Morgan fingerprint density at radius 2 is 1.48 bits per heavy atom. The molecule has 0 unspecified atom stereocenters. The van der Waals surface area contributed by atoms with E-state index in [0.29, 0.717) is 5.92 Å². The number of hydrogen-bond acceptors (Lipinski definition) is 0. The summed E-state index contributed by atoms with van der Waals surface area (Å²) in [5.74, 6) is 3.31. The van der Waals surface area contributed by atoms with E-state index < -0.39 is 0 Å². The van der Waals surface area contributed by atoms with Gasteiger partial charge in [-0.1, -0.05) is 44.1 Å². The number of hydrogen-bond donors (Lipinski definition) is 0. The van der Waals surface area contributed by atoms with Crippen molar-refractivity contribution in [3.8, 4) is 0 Å². The molecular weight excluding hydrogens is 307 g/mol. The maximum atomic E-state index is 13.1. The molecule has 0 bridgehead atoms. The molecule has 0 saturated heterocycles. The topological polar surface area (TPSA) is 0 Å². The summed E-state index contributed by atoms with van der Waals surface area (Å²) in [5, 5.41) is 0. The number of halogens is 1. The highest BCUT2D eigenvalue weighted by Crippen LogP contribution is 2.44. The summed E-state index contributed by atoms with van der Waals surface area (Å²) < 4.78 is 13.1. The molecule has 0 N–H and O–H groups in total. The van der Waals surface area contributed by atoms with E-state index in [9.17, 15) is 4.39 Å². The quantitative estimate of drug-likeness (QED) is 0.368. The first kappa shape index (κ1) is 18.7. The van der Waals surface area contributed by atoms with Crippen molar-refractivity contribution in [2.75, 3.05) is 0 Å². The fourth-order valence-electron chi connectivity index (χ4n) is 5.08. The molecular formula is C24H35F. The molecule has 1 aromatic rings. The Hall–Kier alpha value is -1.11. The van der Waals surface area contributed by atoms with E-state index in [1.807, 2.05) is 12.1 Å². The third-order valence-corrected chi connectivity index (χ3v) is 6.73. The first-order chi connectivity index (χ1) is 12.3. The van der Waals surface area contributed by atoms with Crippen LogP contribution in [0.1, 0.15) is 89.0 Å². The van der Waals surface area contributed by atoms with Gasteiger partial charge in [-0.2, -0.15) is 0 Å². The lowest BCUT2D eigenvalue weighted by Gasteiger charge is -2.37. The molecule has 1 heteroatoms. The Bertz CT molecular complexity index is 514. The van der Waals surface area contributed by atoms with Crippen molar-refractivity contribution in [2.45, 2.75) is 83.5 Å². The van der Waals surface area contributed by atoms with Gasteiger partial charge in [0, 0.05) is 0 Å². The summed E-state index contributed by atoms with van der Waals surface area (Å²) in [5.41, 5.74) is 1.35. The monoisotopic (exact) mass is 342 g/mol. The first-order valence-electron chi connectivity index (χ1n) is 10.7. The van der Waals surface area contributed by atoms with Crippen molar-refractivity contribution < 1.29 is 4.39 Å². The van der Waals surface area contributed by atoms with Crippen LogP contribution in [0.5, 0.6) is 0 Å². The predicted molar refractivity (Wildman–Crippen MR) is 105 cm³/mol. The fraction of sp³-hybridized carbons (Fsp3) is 0.667. The van der Waals surface area contributed by atoms with Crippen molar-refractivity contribution in [1.29, 1.82) is 0 Å². The van der Waals surface area contributed by atoms with Crippen molar-refractivity contribution in [2.24, 2.45) is 17.8 Å². The van der Waals surface area contributed by atoms with Crippen LogP contribution in [0.15, 0.2) is 36.4 Å². The molecule has 0 aliphatic heterocycles. The van der Waals surface area contributed by atoms with Crippen LogP contribution in [0.4, 0.5) is 4.39 Å². The van der Waals surface area contributed by atoms with Crippen LogP contribution in [0.2, 0.25) is 0 Å². The summed E-state index contributed by atoms with van der Waals surface area (Å²) >= 11 is 0. The van der Waals surface area contributed by atoms with Gasteiger partial charge < -0.3 is 0 Å². The highest BCUT2D eigenvalue weighted by molar-refractivity contribution is 5.21. The SMILES string of the molecule is CCCCC=CC1CCC(C2CCC(c3ccc(F)cc3)CC2)CC1. The molecule has 0 radical (unpaired) electrons. The molecule has 138 valence electrons. The Kier molecular flexibility index (Phi) is 7.13. The van der Waals surface area contributed by atoms with Crippen molar-refractivity contribution in [3.63, 3.8) is 0 Å². The second-order valence-corrected chi connectivity index (χ2v) is 8.41. The number of rotatable bonds is 6. The Morgan fingerprint density at radius 1 is 0.880 bits per heavy atom. The summed E-state index contributed by atoms with van der Waals surface area (Å²) in [6, 6.07) is 7.24. The van der Waals surface area contributed by atoms with Gasteiger partial charge in [-0.25, -0.2) is 4.39 Å². The van der Waals surface area contributed by atoms with E-state index in [-0.39, 0.29) is 5.82 Å². The van der Waals surface area contributed by atoms with Gasteiger partial charge in [0.1, 0.15) is 5.82 Å². The van der Waals surface area contributed by atoms with Crippen molar-refractivity contribution in [1.82, 2.24) is 0 Å². The van der Waals surface area contributed by atoms with Gasteiger partial charge in [0.25, 0.3) is 0 Å². The molecule has 3 rings (SSSR count). The average Bonchev–Trinajstić information content (AvgIpc) is 2.67. The molecule has 2 aliphatic rings. The van der Waals surface area contributed by atoms with Crippen LogP contribution in [-0.2, 0) is 0 Å². The zero-order chi connectivity index (χ0) is 17.5. The summed E-state index contributed by atoms with van der Waals surface area (Å²) in [6.45, 7) is 2.27. The van der Waals surface area contributed by atoms with Gasteiger partial charge in [-0.3, -0.25) is 0 Å². The van der Waals surface area contributed by atoms with Gasteiger partial charge in [-0.05, 0) is 99.2 Å². The van der Waals surface area contributed by atoms with E-state index in [0.717, 1.165) is 17.8 Å². The molecule has 2 fully saturated rings. The molecule has 0 spiro atoms. The molecule has 2 saturated carbocycles. The zero-order valence-electron chi connectivity index (χ0n) is 15.9. The maximum Gasteiger partial charge on any atom is 0.123 e. The molecule has 0 nitrogen and oxygen atoms in total. The van der Waals surface area contributed by atoms with Crippen LogP contribution in [0, 0.1) is 23.6 Å². The minimum atomic E-state index is -0.113. The number of unbranched alkanes of at least 4 members (excludes halogenated alkanes) is 2. The lowest BCUT2D eigenvalue weighted by molar-refractivity contribution is 0.171. The average molecular weight is 343 g/mol. The van der Waals surface area contributed by atoms with E-state index in [2.05, 4.69) is 19.1 Å². The Labute approximate surface area is 153 Å². The highest BCUT2D eigenvalue weighted by Gasteiger charge is 2.30. The second kappa shape index (κ2) is 9.55. The minimum Gasteiger partial charge on any atom is -0.207 e. The van der Waals surface area contributed by atoms with Gasteiger partial charge >= 0.3 is 0 Å². The number of allylic oxidation sites excluding steroid dienone is 2. The van der Waals surface area contributed by atoms with E-state index in [1.54, 1.807) is 12.1 Å². The standard InChI is InChI=1S/C24H35F/c1-2-3-4-5-6-19-7-9-20(10-8-19)21-11-13-22(14-12-21)23-15-17-24(25)18-16-23/h5-6,15-22H,2-4,7-14H2,1H3. The normalized spacial score (nSPS) is 30.6. The Morgan fingerprint density at radius 3 is 2.08 bits per heavy atom. The third-order valence-electron chi connectivity index (χ3n) is 6.73. The molecule has 25 heavy (non-hydrogen) atoms. The summed E-state index contributed by atoms with van der Waals surface area (Å²) in [7, 11) is 0. The lowest BCUT2D eigenvalue weighted by Crippen LogP contribution is -2.25. The molecule has 0 amide bonds. The first-order valence-corrected chi connectivity index (χ1v) is 10.7. The highest BCUT2D eigenvalue weighted by atomic mass is 19.1. The minimum absolute atomic E-state index is 0.113. The van der Waals surface area contributed by atoms with Crippen molar-refractivity contribution in [3.05, 3.63) is 47.8 Å². The van der Waals surface area contributed by atoms with Gasteiger partial charge in [-0.15, -0.1) is 0 Å². The predicted octanol–water partition coefficient (Wildman–Crippen LogP) is 7.65. The molecule has 0 aromatic heterocycles. The van der Waals surface area contributed by atoms with Crippen LogP contribution in [0.3, 0.4) is 0 Å². The van der Waals surface area contributed by atoms with E-state index in [4.69, 9.17) is 0 Å². The van der Waals surface area contributed by atoms with Crippen LogP contribution >= 0.6 is 0 Å². The van der Waals surface area contributed by atoms with Gasteiger partial charge in [0.05, 0.1) is 0 Å². The Balaban J connectivity index is 1.40. The third kappa shape index (κ3) is 5.43. The zero-order valence-corrected chi connectivity index (χ0v) is 15.9. The molecule has 0 atom stereocenters. The summed E-state index contributed by atoms with van der Waals surface area (Å²) in [4.78, 5) is 0. The molecule has 2 aliphatic carbocycles. The van der Waals surface area contributed by atoms with Gasteiger partial charge in [0.15, 0.2) is 0 Å². The van der Waals surface area contributed by atoms with Crippen LogP contribution < -0.4 is 0 Å². The fourth-order valence-corrected chi connectivity index (χ4v) is 5.08. The lowest BCUT2D eigenvalue weighted by atomic mass is 9.68. The van der Waals surface area contributed by atoms with Gasteiger partial charge in [0.2, 0.25) is 0 Å². The largest absolute Gasteiger partial charge is 0.207 e. The molecule has 1 aromatic carbocycles. The van der Waals surface area contributed by atoms with E-state index in [1.165, 1.54) is 76.2 Å². The summed E-state index contributed by atoms with van der Waals surface area (Å²) in [6.07, 6.45) is 19.9. The second-order valence-electron chi connectivity index (χ2n) is 8.41. The van der Waals surface area contributed by atoms with E-state index >= 15 is 0 Å². The van der Waals surface area contributed by atoms with Crippen LogP contribution in [-0.4, -0.2) is 0 Å².